The van der Waals surface area contributed by atoms with Crippen molar-refractivity contribution in [2.75, 3.05) is 0 Å². The van der Waals surface area contributed by atoms with Gasteiger partial charge in [0, 0.05) is 22.0 Å². The molecule has 0 radical (unpaired) electrons. The number of halogens is 1. The number of hydrogen-bond donors (Lipinski definition) is 4. The number of hydroxylamine groups is 1. The molecule has 4 N–H and O–H groups in total. The first kappa shape index (κ1) is 14.7. The van der Waals surface area contributed by atoms with Crippen LogP contribution in [-0.4, -0.2) is 21.3 Å². The zero-order valence-electron chi connectivity index (χ0n) is 9.67. The van der Waals surface area contributed by atoms with Crippen LogP contribution >= 0.6 is 15.9 Å². The molecule has 1 amide bonds. The number of phenols is 1. The minimum atomic E-state index is -0.953. The predicted molar refractivity (Wildman–Crippen MR) is 69.0 cm³/mol. The fraction of sp³-hybridized carbons (Fsp3) is 0.250. The van der Waals surface area contributed by atoms with Gasteiger partial charge in [-0.3, -0.25) is 10.0 Å². The molecule has 0 spiro atoms. The molecule has 0 unspecified atom stereocenters. The summed E-state index contributed by atoms with van der Waals surface area (Å²) < 4.78 is 0.735. The summed E-state index contributed by atoms with van der Waals surface area (Å²) in [6.45, 7) is 1.69. The van der Waals surface area contributed by atoms with Crippen molar-refractivity contribution in [3.8, 4) is 5.75 Å². The van der Waals surface area contributed by atoms with Crippen LogP contribution in [0.3, 0.4) is 0 Å². The molecule has 98 valence electrons. The number of benzene rings is 1. The maximum atomic E-state index is 10.8. The van der Waals surface area contributed by atoms with Gasteiger partial charge in [0.1, 0.15) is 5.75 Å². The van der Waals surface area contributed by atoms with Gasteiger partial charge in [-0.25, -0.2) is 5.48 Å². The second-order valence-electron chi connectivity index (χ2n) is 3.84. The highest BCUT2D eigenvalue weighted by Crippen LogP contribution is 2.32. The highest BCUT2D eigenvalue weighted by molar-refractivity contribution is 9.10. The van der Waals surface area contributed by atoms with E-state index in [4.69, 9.17) is 5.21 Å². The fourth-order valence-corrected chi connectivity index (χ4v) is 1.81. The van der Waals surface area contributed by atoms with Gasteiger partial charge in [0.2, 0.25) is 0 Å². The molecule has 0 saturated carbocycles. The summed E-state index contributed by atoms with van der Waals surface area (Å²) in [6.07, 6.45) is 1.60. The lowest BCUT2D eigenvalue weighted by atomic mass is 9.96. The molecular formula is C12H14BrNO4. The number of aliphatic hydroxyl groups is 1. The lowest BCUT2D eigenvalue weighted by molar-refractivity contribution is -0.124. The molecule has 6 heteroatoms. The van der Waals surface area contributed by atoms with Gasteiger partial charge in [-0.1, -0.05) is 28.9 Å². The third-order valence-corrected chi connectivity index (χ3v) is 2.96. The van der Waals surface area contributed by atoms with E-state index in [1.807, 2.05) is 0 Å². The second kappa shape index (κ2) is 6.53. The van der Waals surface area contributed by atoms with E-state index in [9.17, 15) is 15.0 Å². The number of amides is 1. The Balaban J connectivity index is 2.86. The maximum Gasteiger partial charge on any atom is 0.267 e. The van der Waals surface area contributed by atoms with Gasteiger partial charge in [0.15, 0.2) is 0 Å². The van der Waals surface area contributed by atoms with Gasteiger partial charge in [-0.2, -0.15) is 0 Å². The zero-order chi connectivity index (χ0) is 13.7. The molecular weight excluding hydrogens is 302 g/mol. The van der Waals surface area contributed by atoms with Crippen LogP contribution in [0.15, 0.2) is 34.8 Å². The van der Waals surface area contributed by atoms with E-state index in [-0.39, 0.29) is 5.75 Å². The van der Waals surface area contributed by atoms with Crippen molar-refractivity contribution in [3.63, 3.8) is 0 Å². The van der Waals surface area contributed by atoms with Gasteiger partial charge >= 0.3 is 0 Å². The van der Waals surface area contributed by atoms with Crippen LogP contribution in [0.1, 0.15) is 18.6 Å². The van der Waals surface area contributed by atoms with Crippen molar-refractivity contribution in [2.45, 2.75) is 13.0 Å². The number of carbonyl (C=O) groups excluding carboxylic acids is 1. The van der Waals surface area contributed by atoms with Crippen LogP contribution in [0.25, 0.3) is 0 Å². The van der Waals surface area contributed by atoms with E-state index >= 15 is 0 Å². The first-order valence-corrected chi connectivity index (χ1v) is 6.03. The standard InChI is InChI=1S/C12H14BrNO4/c1-7(2-5-11(16)14-18)12(17)9-6-8(13)3-4-10(9)15/h2-7,12,15,17-18H,1H3,(H,14,16)/b5-2+/t7-,12-/m0/s1. The molecule has 1 aromatic rings. The number of hydrogen-bond acceptors (Lipinski definition) is 4. The van der Waals surface area contributed by atoms with E-state index in [1.54, 1.807) is 19.1 Å². The predicted octanol–water partition coefficient (Wildman–Crippen LogP) is 1.89. The van der Waals surface area contributed by atoms with Crippen LogP contribution in [-0.2, 0) is 4.79 Å². The Morgan fingerprint density at radius 1 is 1.50 bits per heavy atom. The third kappa shape index (κ3) is 3.83. The van der Waals surface area contributed by atoms with E-state index in [0.717, 1.165) is 10.5 Å². The van der Waals surface area contributed by atoms with Crippen molar-refractivity contribution in [1.29, 1.82) is 0 Å². The molecule has 0 aliphatic carbocycles. The summed E-state index contributed by atoms with van der Waals surface area (Å²) in [6, 6.07) is 4.74. The minimum absolute atomic E-state index is 0.0161. The summed E-state index contributed by atoms with van der Waals surface area (Å²) >= 11 is 3.25. The van der Waals surface area contributed by atoms with Crippen molar-refractivity contribution in [1.82, 2.24) is 5.48 Å². The highest BCUT2D eigenvalue weighted by atomic mass is 79.9. The van der Waals surface area contributed by atoms with Gasteiger partial charge in [-0.15, -0.1) is 0 Å². The summed E-state index contributed by atoms with van der Waals surface area (Å²) in [5.41, 5.74) is 1.82. The second-order valence-corrected chi connectivity index (χ2v) is 4.76. The first-order chi connectivity index (χ1) is 8.45. The molecule has 5 nitrogen and oxygen atoms in total. The van der Waals surface area contributed by atoms with Crippen LogP contribution < -0.4 is 5.48 Å². The number of rotatable bonds is 4. The smallest absolute Gasteiger partial charge is 0.267 e. The molecule has 1 rings (SSSR count). The monoisotopic (exact) mass is 315 g/mol. The normalized spacial score (nSPS) is 14.4. The molecule has 1 aromatic carbocycles. The highest BCUT2D eigenvalue weighted by Gasteiger charge is 2.18. The zero-order valence-corrected chi connectivity index (χ0v) is 11.3. The van der Waals surface area contributed by atoms with Crippen molar-refractivity contribution >= 4 is 21.8 Å². The summed E-state index contributed by atoms with van der Waals surface area (Å²) in [5.74, 6) is -1.09. The van der Waals surface area contributed by atoms with E-state index < -0.39 is 17.9 Å². The average Bonchev–Trinajstić information content (AvgIpc) is 2.37. The minimum Gasteiger partial charge on any atom is -0.508 e. The number of aromatic hydroxyl groups is 1. The Kier molecular flexibility index (Phi) is 5.33. The van der Waals surface area contributed by atoms with Gasteiger partial charge in [0.05, 0.1) is 6.10 Å². The van der Waals surface area contributed by atoms with E-state index in [1.165, 1.54) is 17.6 Å². The Bertz CT molecular complexity index is 461. The molecule has 0 fully saturated rings. The number of carbonyl (C=O) groups is 1. The molecule has 2 atom stereocenters. The number of aliphatic hydroxyl groups excluding tert-OH is 1. The summed E-state index contributed by atoms with van der Waals surface area (Å²) in [5, 5.41) is 28.0. The largest absolute Gasteiger partial charge is 0.508 e. The van der Waals surface area contributed by atoms with Gasteiger partial charge in [0.25, 0.3) is 5.91 Å². The molecule has 0 heterocycles. The molecule has 0 aliphatic heterocycles. The van der Waals surface area contributed by atoms with Crippen LogP contribution in [0.2, 0.25) is 0 Å². The molecule has 0 saturated heterocycles. The summed E-state index contributed by atoms with van der Waals surface area (Å²) in [7, 11) is 0. The van der Waals surface area contributed by atoms with Gasteiger partial charge in [-0.05, 0) is 18.2 Å². The Morgan fingerprint density at radius 3 is 2.78 bits per heavy atom. The van der Waals surface area contributed by atoms with Crippen molar-refractivity contribution < 1.29 is 20.2 Å². The van der Waals surface area contributed by atoms with Crippen LogP contribution in [0.5, 0.6) is 5.75 Å². The van der Waals surface area contributed by atoms with E-state index in [2.05, 4.69) is 15.9 Å². The Labute approximate surface area is 113 Å². The number of nitrogens with one attached hydrogen (secondary N) is 1. The topological polar surface area (TPSA) is 89.8 Å². The lowest BCUT2D eigenvalue weighted by Gasteiger charge is -2.17. The first-order valence-electron chi connectivity index (χ1n) is 5.24. The molecule has 0 aromatic heterocycles. The van der Waals surface area contributed by atoms with Crippen LogP contribution in [0.4, 0.5) is 0 Å². The Hall–Kier alpha value is -1.37. The molecule has 18 heavy (non-hydrogen) atoms. The number of phenolic OH excluding ortho intramolecular Hbond substituents is 1. The SMILES string of the molecule is C[C@@H](/C=C/C(=O)NO)[C@H](O)c1cc(Br)ccc1O. The van der Waals surface area contributed by atoms with Crippen molar-refractivity contribution in [3.05, 3.63) is 40.4 Å². The van der Waals surface area contributed by atoms with Gasteiger partial charge < -0.3 is 10.2 Å². The summed E-state index contributed by atoms with van der Waals surface area (Å²) in [4.78, 5) is 10.8. The third-order valence-electron chi connectivity index (χ3n) is 2.47. The van der Waals surface area contributed by atoms with Crippen molar-refractivity contribution in [2.24, 2.45) is 5.92 Å². The molecule has 0 aliphatic rings. The van der Waals surface area contributed by atoms with Crippen LogP contribution in [0, 0.1) is 5.92 Å². The molecule has 0 bridgehead atoms. The Morgan fingerprint density at radius 2 is 2.17 bits per heavy atom. The van der Waals surface area contributed by atoms with E-state index in [0.29, 0.717) is 5.56 Å². The average molecular weight is 316 g/mol. The quantitative estimate of drug-likeness (QED) is 0.388. The maximum absolute atomic E-state index is 10.8. The lowest BCUT2D eigenvalue weighted by Crippen LogP contribution is -2.16. The fourth-order valence-electron chi connectivity index (χ4n) is 1.43.